The third-order valence-corrected chi connectivity index (χ3v) is 5.16. The summed E-state index contributed by atoms with van der Waals surface area (Å²) in [5.41, 5.74) is -2.49. The molecule has 26 heavy (non-hydrogen) atoms. The van der Waals surface area contributed by atoms with Gasteiger partial charge in [-0.25, -0.2) is 12.8 Å². The molecule has 0 aliphatic rings. The van der Waals surface area contributed by atoms with Crippen molar-refractivity contribution in [2.24, 2.45) is 0 Å². The number of rotatable bonds is 4. The van der Waals surface area contributed by atoms with E-state index in [4.69, 9.17) is 4.55 Å². The van der Waals surface area contributed by atoms with Crippen LogP contribution in [0, 0.1) is 5.82 Å². The topological polar surface area (TPSA) is 101 Å². The van der Waals surface area contributed by atoms with Gasteiger partial charge in [-0.2, -0.15) is 21.6 Å². The van der Waals surface area contributed by atoms with Gasteiger partial charge >= 0.3 is 6.18 Å². The monoisotopic (exact) mass is 434 g/mol. The SMILES string of the molecule is O=S(=O)(O)c1cccc(S(=O)(=O)Nc2ccc(F)cc2C(F)(F)F)c1.[Cl-]. The lowest BCUT2D eigenvalue weighted by Gasteiger charge is -2.15. The molecule has 13 heteroatoms. The quantitative estimate of drug-likeness (QED) is 0.517. The molecule has 6 nitrogen and oxygen atoms in total. The molecule has 0 spiro atoms. The van der Waals surface area contributed by atoms with Gasteiger partial charge in [0.1, 0.15) is 5.82 Å². The van der Waals surface area contributed by atoms with Gasteiger partial charge in [0, 0.05) is 0 Å². The van der Waals surface area contributed by atoms with E-state index < -0.39 is 53.2 Å². The van der Waals surface area contributed by atoms with Crippen LogP contribution >= 0.6 is 0 Å². The van der Waals surface area contributed by atoms with Crippen molar-refractivity contribution in [3.05, 3.63) is 53.8 Å². The fourth-order valence-corrected chi connectivity index (χ4v) is 3.57. The Balaban J connectivity index is 0.00000338. The molecule has 0 atom stereocenters. The number of halogens is 5. The Bertz CT molecular complexity index is 1020. The molecule has 0 amide bonds. The fourth-order valence-electron chi connectivity index (χ4n) is 1.85. The highest BCUT2D eigenvalue weighted by Gasteiger charge is 2.35. The van der Waals surface area contributed by atoms with E-state index in [1.54, 1.807) is 4.72 Å². The van der Waals surface area contributed by atoms with Gasteiger partial charge in [0.15, 0.2) is 0 Å². The molecular weight excluding hydrogens is 426 g/mol. The Kier molecular flexibility index (Phi) is 6.29. The zero-order chi connectivity index (χ0) is 19.0. The second-order valence-corrected chi connectivity index (χ2v) is 7.85. The highest BCUT2D eigenvalue weighted by molar-refractivity contribution is 7.92. The number of anilines is 1. The first-order valence-electron chi connectivity index (χ1n) is 6.28. The molecule has 2 N–H and O–H groups in total. The molecule has 0 saturated carbocycles. The summed E-state index contributed by atoms with van der Waals surface area (Å²) in [7, 11) is -9.36. The predicted octanol–water partition coefficient (Wildman–Crippen LogP) is -0.104. The van der Waals surface area contributed by atoms with Crippen molar-refractivity contribution in [2.75, 3.05) is 4.72 Å². The lowest BCUT2D eigenvalue weighted by atomic mass is 10.2. The summed E-state index contributed by atoms with van der Waals surface area (Å²) in [6, 6.07) is 4.68. The summed E-state index contributed by atoms with van der Waals surface area (Å²) in [5.74, 6) is -1.22. The zero-order valence-corrected chi connectivity index (χ0v) is 14.7. The molecule has 2 rings (SSSR count). The maximum atomic E-state index is 13.0. The van der Waals surface area contributed by atoms with E-state index >= 15 is 0 Å². The maximum absolute atomic E-state index is 13.0. The van der Waals surface area contributed by atoms with Gasteiger partial charge in [0.05, 0.1) is 21.0 Å². The van der Waals surface area contributed by atoms with Crippen molar-refractivity contribution >= 4 is 25.8 Å². The smallest absolute Gasteiger partial charge is 0.418 e. The lowest BCUT2D eigenvalue weighted by molar-refractivity contribution is -0.137. The van der Waals surface area contributed by atoms with Gasteiger partial charge in [-0.05, 0) is 36.4 Å². The molecule has 0 aliphatic heterocycles. The van der Waals surface area contributed by atoms with Crippen LogP contribution < -0.4 is 17.1 Å². The van der Waals surface area contributed by atoms with Crippen LogP contribution in [-0.2, 0) is 26.3 Å². The van der Waals surface area contributed by atoms with Crippen LogP contribution in [0.1, 0.15) is 5.56 Å². The van der Waals surface area contributed by atoms with Crippen molar-refractivity contribution in [3.8, 4) is 0 Å². The summed E-state index contributed by atoms with van der Waals surface area (Å²) in [6.07, 6.45) is -5.03. The predicted molar refractivity (Wildman–Crippen MR) is 78.5 cm³/mol. The van der Waals surface area contributed by atoms with Crippen LogP contribution in [0.15, 0.2) is 52.3 Å². The molecule has 2 aromatic rings. The molecule has 0 aliphatic carbocycles. The Morgan fingerprint density at radius 3 is 2.04 bits per heavy atom. The molecule has 0 fully saturated rings. The number of sulfonamides is 1. The van der Waals surface area contributed by atoms with E-state index in [0.717, 1.165) is 18.2 Å². The molecule has 0 heterocycles. The Morgan fingerprint density at radius 2 is 1.50 bits per heavy atom. The average molecular weight is 435 g/mol. The van der Waals surface area contributed by atoms with E-state index in [0.29, 0.717) is 18.2 Å². The van der Waals surface area contributed by atoms with Crippen molar-refractivity contribution in [3.63, 3.8) is 0 Å². The normalized spacial score (nSPS) is 12.3. The standard InChI is InChI=1S/C13H9F4NO5S2.ClH/c14-8-4-5-12(11(6-8)13(15,16)17)18-24(19,20)9-2-1-3-10(7-9)25(21,22)23;/h1-7,18H,(H,21,22,23);1H/p-1. The minimum absolute atomic E-state index is 0. The van der Waals surface area contributed by atoms with Crippen LogP contribution in [0.25, 0.3) is 0 Å². The molecule has 0 aromatic heterocycles. The minimum Gasteiger partial charge on any atom is -1.00 e. The van der Waals surface area contributed by atoms with Crippen LogP contribution in [0.5, 0.6) is 0 Å². The summed E-state index contributed by atoms with van der Waals surface area (Å²) in [5, 5.41) is 0. The summed E-state index contributed by atoms with van der Waals surface area (Å²) in [4.78, 5) is -1.47. The van der Waals surface area contributed by atoms with E-state index in [-0.39, 0.29) is 18.5 Å². The summed E-state index contributed by atoms with van der Waals surface area (Å²) < 4.78 is 109. The maximum Gasteiger partial charge on any atom is 0.418 e. The van der Waals surface area contributed by atoms with E-state index in [2.05, 4.69) is 0 Å². The van der Waals surface area contributed by atoms with Crippen LogP contribution in [0.3, 0.4) is 0 Å². The highest BCUT2D eigenvalue weighted by Crippen LogP contribution is 2.36. The highest BCUT2D eigenvalue weighted by atomic mass is 35.5. The molecule has 0 saturated heterocycles. The van der Waals surface area contributed by atoms with Gasteiger partial charge in [-0.1, -0.05) is 6.07 Å². The minimum atomic E-state index is -5.03. The number of alkyl halides is 3. The van der Waals surface area contributed by atoms with Crippen LogP contribution in [0.4, 0.5) is 23.2 Å². The third kappa shape index (κ3) is 5.06. The largest absolute Gasteiger partial charge is 1.00 e. The molecule has 0 bridgehead atoms. The number of hydrogen-bond acceptors (Lipinski definition) is 4. The van der Waals surface area contributed by atoms with Crippen LogP contribution in [0.2, 0.25) is 0 Å². The van der Waals surface area contributed by atoms with Crippen molar-refractivity contribution in [1.29, 1.82) is 0 Å². The molecule has 2 aromatic carbocycles. The number of hydrogen-bond donors (Lipinski definition) is 2. The van der Waals surface area contributed by atoms with E-state index in [9.17, 15) is 34.4 Å². The Morgan fingerprint density at radius 1 is 0.923 bits per heavy atom. The molecule has 144 valence electrons. The van der Waals surface area contributed by atoms with Crippen molar-refractivity contribution < 1.29 is 51.4 Å². The van der Waals surface area contributed by atoms with Gasteiger partial charge in [0.2, 0.25) is 0 Å². The van der Waals surface area contributed by atoms with Crippen LogP contribution in [-0.4, -0.2) is 21.4 Å². The summed E-state index contributed by atoms with van der Waals surface area (Å²) >= 11 is 0. The average Bonchev–Trinajstić information content (AvgIpc) is 2.47. The van der Waals surface area contributed by atoms with Gasteiger partial charge in [0.25, 0.3) is 20.1 Å². The first-order chi connectivity index (χ1) is 11.3. The second kappa shape index (κ2) is 7.39. The first-order valence-corrected chi connectivity index (χ1v) is 9.20. The third-order valence-electron chi connectivity index (χ3n) is 2.94. The van der Waals surface area contributed by atoms with Gasteiger partial charge in [-0.15, -0.1) is 0 Å². The molecule has 0 unspecified atom stereocenters. The van der Waals surface area contributed by atoms with Crippen molar-refractivity contribution in [2.45, 2.75) is 16.0 Å². The van der Waals surface area contributed by atoms with E-state index in [1.165, 1.54) is 0 Å². The van der Waals surface area contributed by atoms with Crippen molar-refractivity contribution in [1.82, 2.24) is 0 Å². The van der Waals surface area contributed by atoms with Gasteiger partial charge < -0.3 is 12.4 Å². The summed E-state index contributed by atoms with van der Waals surface area (Å²) in [6.45, 7) is 0. The van der Waals surface area contributed by atoms with Gasteiger partial charge in [-0.3, -0.25) is 9.27 Å². The number of benzene rings is 2. The molecular formula is C13H9ClF4NO5S2-. The number of nitrogens with one attached hydrogen (secondary N) is 1. The Labute approximate surface area is 152 Å². The zero-order valence-electron chi connectivity index (χ0n) is 12.3. The first kappa shape index (κ1) is 22.2. The lowest BCUT2D eigenvalue weighted by Crippen LogP contribution is -3.00. The Hall–Kier alpha value is -1.89. The molecule has 0 radical (unpaired) electrons. The second-order valence-electron chi connectivity index (χ2n) is 4.74. The van der Waals surface area contributed by atoms with E-state index in [1.807, 2.05) is 0 Å². The fraction of sp³-hybridized carbons (Fsp3) is 0.0769.